The Hall–Kier alpha value is -1.30. The van der Waals surface area contributed by atoms with E-state index in [9.17, 15) is 0 Å². The molecule has 5 nitrogen and oxygen atoms in total. The molecular formula is C19H30N2O3. The fourth-order valence-electron chi connectivity index (χ4n) is 4.39. The van der Waals surface area contributed by atoms with Gasteiger partial charge < -0.3 is 25.7 Å². The molecule has 0 amide bonds. The zero-order valence-electron chi connectivity index (χ0n) is 15.2. The molecule has 5 heteroatoms. The Labute approximate surface area is 144 Å². The summed E-state index contributed by atoms with van der Waals surface area (Å²) in [6.45, 7) is 12.0. The third-order valence-corrected chi connectivity index (χ3v) is 5.82. The quantitative estimate of drug-likeness (QED) is 0.773. The number of nitrogens with two attached hydrogens (primary N) is 2. The molecule has 0 spiro atoms. The average Bonchev–Trinajstić information content (AvgIpc) is 2.97. The fraction of sp³-hybridized carbons (Fsp3) is 0.684. The van der Waals surface area contributed by atoms with Crippen molar-refractivity contribution in [1.29, 1.82) is 0 Å². The predicted octanol–water partition coefficient (Wildman–Crippen LogP) is 2.73. The van der Waals surface area contributed by atoms with Gasteiger partial charge in [0, 0.05) is 17.3 Å². The van der Waals surface area contributed by atoms with Crippen LogP contribution in [0.2, 0.25) is 0 Å². The molecule has 3 fully saturated rings. The van der Waals surface area contributed by atoms with Crippen molar-refractivity contribution in [2.75, 3.05) is 0 Å². The third-order valence-electron chi connectivity index (χ3n) is 5.82. The molecular weight excluding hydrogens is 304 g/mol. The van der Waals surface area contributed by atoms with Gasteiger partial charge in [-0.05, 0) is 58.3 Å². The molecule has 3 saturated heterocycles. The lowest BCUT2D eigenvalue weighted by atomic mass is 9.82. The number of rotatable bonds is 4. The van der Waals surface area contributed by atoms with E-state index in [4.69, 9.17) is 25.7 Å². The smallest absolute Gasteiger partial charge is 0.166 e. The summed E-state index contributed by atoms with van der Waals surface area (Å²) < 4.78 is 19.0. The summed E-state index contributed by atoms with van der Waals surface area (Å²) in [5.41, 5.74) is 12.8. The molecule has 6 atom stereocenters. The Bertz CT molecular complexity index is 573. The van der Waals surface area contributed by atoms with Gasteiger partial charge in [-0.25, -0.2) is 0 Å². The maximum absolute atomic E-state index is 6.42. The zero-order valence-corrected chi connectivity index (χ0v) is 15.2. The number of allylic oxidation sites excluding steroid dienone is 4. The van der Waals surface area contributed by atoms with Gasteiger partial charge in [-0.15, -0.1) is 0 Å². The molecule has 3 aliphatic heterocycles. The van der Waals surface area contributed by atoms with E-state index < -0.39 is 5.79 Å². The van der Waals surface area contributed by atoms with Crippen molar-refractivity contribution in [2.45, 2.75) is 76.2 Å². The Morgan fingerprint density at radius 3 is 2.08 bits per heavy atom. The molecule has 0 saturated carbocycles. The molecule has 4 N–H and O–H groups in total. The Morgan fingerprint density at radius 1 is 1.08 bits per heavy atom. The van der Waals surface area contributed by atoms with Gasteiger partial charge in [-0.1, -0.05) is 13.5 Å². The van der Waals surface area contributed by atoms with Crippen molar-refractivity contribution in [1.82, 2.24) is 0 Å². The van der Waals surface area contributed by atoms with Crippen molar-refractivity contribution in [3.05, 3.63) is 36.2 Å². The minimum Gasteiger partial charge on any atom is -0.402 e. The van der Waals surface area contributed by atoms with Crippen LogP contribution in [0.25, 0.3) is 0 Å². The molecule has 2 unspecified atom stereocenters. The van der Waals surface area contributed by atoms with Crippen LogP contribution in [0.5, 0.6) is 0 Å². The van der Waals surface area contributed by atoms with Crippen LogP contribution in [-0.4, -0.2) is 29.2 Å². The van der Waals surface area contributed by atoms with Gasteiger partial charge in [-0.2, -0.15) is 0 Å². The first-order valence-corrected chi connectivity index (χ1v) is 8.76. The molecule has 3 heterocycles. The van der Waals surface area contributed by atoms with Crippen LogP contribution < -0.4 is 11.5 Å². The topological polar surface area (TPSA) is 79.7 Å². The highest BCUT2D eigenvalue weighted by Crippen LogP contribution is 2.57. The summed E-state index contributed by atoms with van der Waals surface area (Å²) in [5.74, 6) is -0.301. The van der Waals surface area contributed by atoms with Crippen LogP contribution in [-0.2, 0) is 14.2 Å². The Morgan fingerprint density at radius 2 is 1.62 bits per heavy atom. The number of ether oxygens (including phenoxy) is 3. The second-order valence-electron chi connectivity index (χ2n) is 7.93. The van der Waals surface area contributed by atoms with Gasteiger partial charge in [0.2, 0.25) is 0 Å². The van der Waals surface area contributed by atoms with Crippen LogP contribution >= 0.6 is 0 Å². The maximum Gasteiger partial charge on any atom is 0.166 e. The molecule has 0 aliphatic carbocycles. The van der Waals surface area contributed by atoms with E-state index in [1.165, 1.54) is 0 Å². The fourth-order valence-corrected chi connectivity index (χ4v) is 4.39. The SMILES string of the molecule is C=C/C(N)=C\C=C(/N)C1C[C@@]2(C)O[C@@](C)(C1)[C@@H]1OC(C)(CC)O[C@@H]12. The van der Waals surface area contributed by atoms with Crippen LogP contribution in [0.4, 0.5) is 0 Å². The van der Waals surface area contributed by atoms with Crippen molar-refractivity contribution in [3.8, 4) is 0 Å². The third kappa shape index (κ3) is 2.68. The van der Waals surface area contributed by atoms with E-state index >= 15 is 0 Å². The Kier molecular flexibility index (Phi) is 4.10. The lowest BCUT2D eigenvalue weighted by Gasteiger charge is -2.43. The van der Waals surface area contributed by atoms with E-state index in [1.807, 2.05) is 13.0 Å². The summed E-state index contributed by atoms with van der Waals surface area (Å²) in [6.07, 6.45) is 7.63. The summed E-state index contributed by atoms with van der Waals surface area (Å²) in [6, 6.07) is 0. The van der Waals surface area contributed by atoms with E-state index in [-0.39, 0.29) is 29.3 Å². The van der Waals surface area contributed by atoms with E-state index in [0.717, 1.165) is 25.0 Å². The lowest BCUT2D eigenvalue weighted by molar-refractivity contribution is -0.252. The highest BCUT2D eigenvalue weighted by molar-refractivity contribution is 5.25. The molecule has 0 radical (unpaired) electrons. The first-order valence-electron chi connectivity index (χ1n) is 8.76. The highest BCUT2D eigenvalue weighted by atomic mass is 16.8. The molecule has 0 aromatic carbocycles. The van der Waals surface area contributed by atoms with Gasteiger partial charge in [-0.3, -0.25) is 0 Å². The minimum absolute atomic E-state index is 0.0564. The van der Waals surface area contributed by atoms with Crippen molar-refractivity contribution in [2.24, 2.45) is 17.4 Å². The molecule has 3 aliphatic rings. The molecule has 0 aromatic rings. The first kappa shape index (κ1) is 17.5. The second kappa shape index (κ2) is 5.61. The summed E-state index contributed by atoms with van der Waals surface area (Å²) in [4.78, 5) is 0. The molecule has 3 rings (SSSR count). The van der Waals surface area contributed by atoms with Crippen molar-refractivity contribution in [3.63, 3.8) is 0 Å². The van der Waals surface area contributed by atoms with E-state index in [1.54, 1.807) is 12.2 Å². The molecule has 24 heavy (non-hydrogen) atoms. The van der Waals surface area contributed by atoms with Crippen LogP contribution in [0, 0.1) is 5.92 Å². The molecule has 134 valence electrons. The number of hydrogen-bond acceptors (Lipinski definition) is 5. The van der Waals surface area contributed by atoms with Crippen LogP contribution in [0.15, 0.2) is 36.2 Å². The van der Waals surface area contributed by atoms with Gasteiger partial charge in [0.25, 0.3) is 0 Å². The first-order chi connectivity index (χ1) is 11.1. The standard InChI is InChI=1S/C19H30N2O3/c1-6-13(20)8-9-14(21)12-10-17(3)15-16(18(4,11-12)24-17)23-19(5,7-2)22-15/h6,8-9,12,15-16H,1,7,10-11,20-21H2,2-5H3/b13-8+,14-9-/t12?,15-,16+,17+,18-,19?. The molecule has 0 aromatic heterocycles. The minimum atomic E-state index is -0.517. The van der Waals surface area contributed by atoms with Gasteiger partial charge in [0.15, 0.2) is 5.79 Å². The van der Waals surface area contributed by atoms with Crippen LogP contribution in [0.3, 0.4) is 0 Å². The number of fused-ring (bicyclic) bond motifs is 5. The van der Waals surface area contributed by atoms with E-state index in [2.05, 4.69) is 27.4 Å². The largest absolute Gasteiger partial charge is 0.402 e. The van der Waals surface area contributed by atoms with Gasteiger partial charge >= 0.3 is 0 Å². The maximum atomic E-state index is 6.42. The van der Waals surface area contributed by atoms with Crippen LogP contribution in [0.1, 0.15) is 47.0 Å². The van der Waals surface area contributed by atoms with Gasteiger partial charge in [0.1, 0.15) is 12.2 Å². The monoisotopic (exact) mass is 334 g/mol. The average molecular weight is 334 g/mol. The summed E-state index contributed by atoms with van der Waals surface area (Å²) in [5, 5.41) is 0. The Balaban J connectivity index is 1.85. The lowest BCUT2D eigenvalue weighted by Crippen LogP contribution is -2.48. The second-order valence-corrected chi connectivity index (χ2v) is 7.93. The molecule has 2 bridgehead atoms. The van der Waals surface area contributed by atoms with E-state index in [0.29, 0.717) is 5.70 Å². The summed E-state index contributed by atoms with van der Waals surface area (Å²) in [7, 11) is 0. The predicted molar refractivity (Wildman–Crippen MR) is 93.8 cm³/mol. The normalized spacial score (nSPS) is 48.4. The summed E-state index contributed by atoms with van der Waals surface area (Å²) >= 11 is 0. The van der Waals surface area contributed by atoms with Gasteiger partial charge in [0.05, 0.1) is 11.2 Å². The highest BCUT2D eigenvalue weighted by Gasteiger charge is 2.68. The van der Waals surface area contributed by atoms with Crippen molar-refractivity contribution >= 4 is 0 Å². The zero-order chi connectivity index (χ0) is 17.8. The number of hydrogen-bond donors (Lipinski definition) is 2. The van der Waals surface area contributed by atoms with Crippen molar-refractivity contribution < 1.29 is 14.2 Å².